The number of nitrogens with one attached hydrogen (secondary N) is 1. The van der Waals surface area contributed by atoms with E-state index in [-0.39, 0.29) is 6.29 Å². The molecule has 0 saturated carbocycles. The van der Waals surface area contributed by atoms with Crippen LogP contribution in [-0.4, -0.2) is 121 Å². The Morgan fingerprint density at radius 1 is 1.11 bits per heavy atom. The third kappa shape index (κ3) is 10.7. The predicted molar refractivity (Wildman–Crippen MR) is 102 cm³/mol. The minimum atomic E-state index is -5.42. The Kier molecular flexibility index (Phi) is 10.6. The Labute approximate surface area is 196 Å². The van der Waals surface area contributed by atoms with Crippen molar-refractivity contribution in [2.24, 2.45) is 0 Å². The summed E-state index contributed by atoms with van der Waals surface area (Å²) in [5.74, 6) is -3.01. The van der Waals surface area contributed by atoms with Crippen LogP contribution in [0.3, 0.4) is 0 Å². The minimum Gasteiger partial charge on any atom is -0.475 e. The number of hydrogen-bond acceptors (Lipinski definition) is 15. The molecule has 0 radical (unpaired) electrons. The van der Waals surface area contributed by atoms with Crippen molar-refractivity contribution in [3.63, 3.8) is 0 Å². The second-order valence-corrected chi connectivity index (χ2v) is 9.75. The maximum absolute atomic E-state index is 11.2. The zero-order valence-electron chi connectivity index (χ0n) is 16.7. The van der Waals surface area contributed by atoms with Crippen LogP contribution < -0.4 is 4.72 Å². The quantitative estimate of drug-likeness (QED) is 0.0705. The van der Waals surface area contributed by atoms with Crippen molar-refractivity contribution in [2.45, 2.75) is 42.9 Å². The molecule has 0 aromatic carbocycles. The van der Waals surface area contributed by atoms with Crippen LogP contribution in [0.2, 0.25) is 0 Å². The highest BCUT2D eigenvalue weighted by molar-refractivity contribution is 7.83. The molecule has 0 fully saturated rings. The number of carboxylic acid groups (broad SMARTS) is 1. The van der Waals surface area contributed by atoms with Crippen molar-refractivity contribution in [2.75, 3.05) is 6.61 Å². The van der Waals surface area contributed by atoms with Crippen molar-refractivity contribution in [3.8, 4) is 0 Å². The van der Waals surface area contributed by atoms with Gasteiger partial charge >= 0.3 is 37.1 Å². The van der Waals surface area contributed by atoms with Gasteiger partial charge in [-0.05, 0) is 6.08 Å². The fourth-order valence-electron chi connectivity index (χ4n) is 2.47. The first-order valence-corrected chi connectivity index (χ1v) is 12.7. The Bertz CT molecular complexity index is 1110. The Hall–Kier alpha value is -1.87. The third-order valence-electron chi connectivity index (χ3n) is 3.81. The van der Waals surface area contributed by atoms with Gasteiger partial charge in [0.15, 0.2) is 6.10 Å². The van der Waals surface area contributed by atoms with E-state index in [4.69, 9.17) is 28.2 Å². The lowest BCUT2D eigenvalue weighted by Gasteiger charge is -2.37. The molecule has 1 heterocycles. The lowest BCUT2D eigenvalue weighted by molar-refractivity contribution is -0.250. The van der Waals surface area contributed by atoms with Crippen molar-refractivity contribution in [3.05, 3.63) is 11.8 Å². The third-order valence-corrected chi connectivity index (χ3v) is 5.28. The second-order valence-electron chi connectivity index (χ2n) is 6.43. The highest BCUT2D eigenvalue weighted by Crippen LogP contribution is 2.26. The van der Waals surface area contributed by atoms with Crippen molar-refractivity contribution in [1.29, 1.82) is 0 Å². The number of ether oxygens (including phenoxy) is 2. The van der Waals surface area contributed by atoms with Crippen molar-refractivity contribution in [1.82, 2.24) is 4.72 Å². The Morgan fingerprint density at radius 3 is 2.11 bits per heavy atom. The summed E-state index contributed by atoms with van der Waals surface area (Å²) < 4.78 is 111. The molecule has 0 amide bonds. The van der Waals surface area contributed by atoms with E-state index < -0.39 is 92.3 Å². The summed E-state index contributed by atoms with van der Waals surface area (Å²) in [6.07, 6.45) is -14.7. The number of aliphatic hydroxyl groups excluding tert-OH is 3. The summed E-state index contributed by atoms with van der Waals surface area (Å²) >= 11 is 0. The fourth-order valence-corrected chi connectivity index (χ4v) is 3.81. The lowest BCUT2D eigenvalue weighted by Crippen LogP contribution is -2.57. The number of carbonyl (C=O) groups is 2. The van der Waals surface area contributed by atoms with E-state index in [1.165, 1.54) is 4.72 Å². The average molecular weight is 577 g/mol. The van der Waals surface area contributed by atoms with Gasteiger partial charge in [0, 0.05) is 0 Å². The highest BCUT2D eigenvalue weighted by Gasteiger charge is 2.45. The van der Waals surface area contributed by atoms with Gasteiger partial charge in [0.25, 0.3) is 0 Å². The van der Waals surface area contributed by atoms with Crippen LogP contribution in [0.25, 0.3) is 0 Å². The molecule has 0 bridgehead atoms. The summed E-state index contributed by atoms with van der Waals surface area (Å²) in [5, 5.41) is 39.5. The van der Waals surface area contributed by atoms with E-state index in [1.807, 2.05) is 0 Å². The number of carbonyl (C=O) groups excluding carboxylic acids is 1. The molecule has 0 saturated heterocycles. The predicted octanol–water partition coefficient (Wildman–Crippen LogP) is -5.25. The van der Waals surface area contributed by atoms with E-state index in [0.29, 0.717) is 6.08 Å². The summed E-state index contributed by atoms with van der Waals surface area (Å²) in [4.78, 5) is 22.4. The average Bonchev–Trinajstić information content (AvgIpc) is 2.67. The van der Waals surface area contributed by atoms with Gasteiger partial charge in [-0.1, -0.05) is 0 Å². The molecule has 0 aliphatic carbocycles. The molecule has 35 heavy (non-hydrogen) atoms. The minimum absolute atomic E-state index is 0.351. The van der Waals surface area contributed by atoms with Gasteiger partial charge in [0.2, 0.25) is 12.0 Å². The molecule has 1 rings (SSSR count). The standard InChI is InChI=1S/C12H19NO19S3/c14-2-4(13-33(20,21)22)8(17)9(6(16)3-29-34(23,24)25)31-12-10(32-35(26,27)28)5(15)1-7(30-12)11(18)19/h1-2,4-6,8-10,12-13,15-17H,3H2,(H,18,19)(H,20,21,22)(H,23,24,25)(H,26,27,28)/t4-,5-,6-,8-,9+,10-,12-/m0/s1. The van der Waals surface area contributed by atoms with Gasteiger partial charge in [-0.2, -0.15) is 30.0 Å². The van der Waals surface area contributed by atoms with Gasteiger partial charge in [0.05, 0.1) is 6.61 Å². The molecule has 204 valence electrons. The Morgan fingerprint density at radius 2 is 1.69 bits per heavy atom. The van der Waals surface area contributed by atoms with Gasteiger partial charge in [0.1, 0.15) is 36.7 Å². The maximum Gasteiger partial charge on any atom is 0.397 e. The van der Waals surface area contributed by atoms with Gasteiger partial charge < -0.3 is 34.7 Å². The molecule has 1 aliphatic heterocycles. The molecular formula is C12H19NO19S3. The SMILES string of the molecule is O=C[C@H](NS(=O)(=O)O)[C@H](O)[C@H](O[C@@H]1OC(C(=O)O)=C[C@H](O)[C@@H]1OS(=O)(=O)O)[C@@H](O)COS(=O)(=O)O. The summed E-state index contributed by atoms with van der Waals surface area (Å²) in [6.45, 7) is -1.49. The number of aliphatic carboxylic acids is 1. The zero-order chi connectivity index (χ0) is 27.4. The van der Waals surface area contributed by atoms with E-state index in [0.717, 1.165) is 0 Å². The molecule has 0 aromatic heterocycles. The molecule has 0 spiro atoms. The van der Waals surface area contributed by atoms with Crippen LogP contribution in [0.15, 0.2) is 11.8 Å². The molecule has 23 heteroatoms. The zero-order valence-corrected chi connectivity index (χ0v) is 19.1. The largest absolute Gasteiger partial charge is 0.475 e. The molecule has 7 atom stereocenters. The van der Waals surface area contributed by atoms with Gasteiger partial charge in [-0.25, -0.2) is 13.2 Å². The summed E-state index contributed by atoms with van der Waals surface area (Å²) in [7, 11) is -15.9. The molecule has 0 aromatic rings. The van der Waals surface area contributed by atoms with E-state index in [9.17, 15) is 50.2 Å². The highest BCUT2D eigenvalue weighted by atomic mass is 32.3. The van der Waals surface area contributed by atoms with Crippen LogP contribution in [0.5, 0.6) is 0 Å². The number of carboxylic acids is 1. The number of rotatable bonds is 14. The van der Waals surface area contributed by atoms with Crippen LogP contribution in [0.1, 0.15) is 0 Å². The lowest BCUT2D eigenvalue weighted by atomic mass is 10.0. The first-order chi connectivity index (χ1) is 15.7. The van der Waals surface area contributed by atoms with Crippen LogP contribution in [0, 0.1) is 0 Å². The first-order valence-electron chi connectivity index (χ1n) is 8.53. The number of hydrogen-bond donors (Lipinski definition) is 8. The summed E-state index contributed by atoms with van der Waals surface area (Å²) in [6, 6.07) is -2.38. The van der Waals surface area contributed by atoms with Crippen LogP contribution in [0.4, 0.5) is 0 Å². The summed E-state index contributed by atoms with van der Waals surface area (Å²) in [5.41, 5.74) is 0. The second kappa shape index (κ2) is 11.9. The molecule has 1 aliphatic rings. The van der Waals surface area contributed by atoms with Crippen molar-refractivity contribution < 1.29 is 86.8 Å². The van der Waals surface area contributed by atoms with E-state index in [2.05, 4.69) is 8.37 Å². The number of aliphatic hydroxyl groups is 3. The first kappa shape index (κ1) is 31.2. The topological polar surface area (TPSA) is 327 Å². The van der Waals surface area contributed by atoms with Crippen LogP contribution >= 0.6 is 0 Å². The normalized spacial score (nSPS) is 25.0. The van der Waals surface area contributed by atoms with E-state index >= 15 is 0 Å². The smallest absolute Gasteiger partial charge is 0.397 e. The van der Waals surface area contributed by atoms with Gasteiger partial charge in [-0.15, -0.1) is 0 Å². The maximum atomic E-state index is 11.2. The molecule has 8 N–H and O–H groups in total. The van der Waals surface area contributed by atoms with Crippen molar-refractivity contribution >= 4 is 43.4 Å². The monoisotopic (exact) mass is 577 g/mol. The van der Waals surface area contributed by atoms with E-state index in [1.54, 1.807) is 0 Å². The molecular weight excluding hydrogens is 558 g/mol. The van der Waals surface area contributed by atoms with Crippen LogP contribution in [-0.2, 0) is 58.5 Å². The Balaban J connectivity index is 3.43. The molecule has 20 nitrogen and oxygen atoms in total. The van der Waals surface area contributed by atoms with Gasteiger partial charge in [-0.3, -0.25) is 13.7 Å². The number of aldehydes is 1. The fraction of sp³-hybridized carbons (Fsp3) is 0.667. The molecule has 0 unspecified atom stereocenters.